The first-order valence-corrected chi connectivity index (χ1v) is 3.90. The SMILES string of the molecule is CC(CN)C1=CC=CCC1. The summed E-state index contributed by atoms with van der Waals surface area (Å²) >= 11 is 0. The Balaban J connectivity index is 2.53. The van der Waals surface area contributed by atoms with Crippen LogP contribution in [0.15, 0.2) is 23.8 Å². The summed E-state index contributed by atoms with van der Waals surface area (Å²) in [6.45, 7) is 2.96. The molecular weight excluding hydrogens is 122 g/mol. The van der Waals surface area contributed by atoms with Crippen LogP contribution in [0.4, 0.5) is 0 Å². The molecule has 0 fully saturated rings. The van der Waals surface area contributed by atoms with Crippen molar-refractivity contribution < 1.29 is 0 Å². The van der Waals surface area contributed by atoms with Crippen LogP contribution in [-0.2, 0) is 0 Å². The van der Waals surface area contributed by atoms with Gasteiger partial charge in [-0.1, -0.05) is 30.7 Å². The van der Waals surface area contributed by atoms with Gasteiger partial charge in [-0.3, -0.25) is 0 Å². The van der Waals surface area contributed by atoms with Gasteiger partial charge < -0.3 is 5.73 Å². The average Bonchev–Trinajstić information content (AvgIpc) is 2.05. The Bertz CT molecular complexity index is 156. The molecule has 1 nitrogen and oxygen atoms in total. The van der Waals surface area contributed by atoms with Crippen LogP contribution in [0, 0.1) is 5.92 Å². The Morgan fingerprint density at radius 3 is 3.00 bits per heavy atom. The van der Waals surface area contributed by atoms with Gasteiger partial charge in [0.1, 0.15) is 0 Å². The van der Waals surface area contributed by atoms with E-state index in [4.69, 9.17) is 5.73 Å². The van der Waals surface area contributed by atoms with E-state index in [0.717, 1.165) is 6.54 Å². The second kappa shape index (κ2) is 3.57. The largest absolute Gasteiger partial charge is 0.330 e. The van der Waals surface area contributed by atoms with Crippen LogP contribution in [-0.4, -0.2) is 6.54 Å². The first kappa shape index (κ1) is 7.55. The maximum atomic E-state index is 5.54. The highest BCUT2D eigenvalue weighted by Gasteiger charge is 2.06. The average molecular weight is 137 g/mol. The zero-order valence-electron chi connectivity index (χ0n) is 6.51. The van der Waals surface area contributed by atoms with Crippen molar-refractivity contribution in [2.24, 2.45) is 11.7 Å². The Morgan fingerprint density at radius 1 is 1.70 bits per heavy atom. The van der Waals surface area contributed by atoms with Crippen LogP contribution in [0.2, 0.25) is 0 Å². The van der Waals surface area contributed by atoms with Crippen LogP contribution in [0.1, 0.15) is 19.8 Å². The van der Waals surface area contributed by atoms with Crippen LogP contribution in [0.3, 0.4) is 0 Å². The maximum Gasteiger partial charge on any atom is -0.00140 e. The summed E-state index contributed by atoms with van der Waals surface area (Å²) in [7, 11) is 0. The fourth-order valence-electron chi connectivity index (χ4n) is 1.18. The summed E-state index contributed by atoms with van der Waals surface area (Å²) in [5.41, 5.74) is 7.04. The van der Waals surface area contributed by atoms with E-state index in [1.165, 1.54) is 18.4 Å². The third kappa shape index (κ3) is 1.71. The normalized spacial score (nSPS) is 20.4. The lowest BCUT2D eigenvalue weighted by atomic mass is 9.94. The molecule has 10 heavy (non-hydrogen) atoms. The topological polar surface area (TPSA) is 26.0 Å². The number of nitrogens with two attached hydrogens (primary N) is 1. The Kier molecular flexibility index (Phi) is 2.69. The molecule has 1 atom stereocenters. The van der Waals surface area contributed by atoms with E-state index >= 15 is 0 Å². The molecule has 1 unspecified atom stereocenters. The predicted molar refractivity (Wildman–Crippen MR) is 44.7 cm³/mol. The summed E-state index contributed by atoms with van der Waals surface area (Å²) in [5.74, 6) is 0.574. The van der Waals surface area contributed by atoms with Crippen LogP contribution >= 0.6 is 0 Å². The van der Waals surface area contributed by atoms with Gasteiger partial charge in [-0.25, -0.2) is 0 Å². The minimum atomic E-state index is 0.574. The molecule has 0 aromatic rings. The lowest BCUT2D eigenvalue weighted by molar-refractivity contribution is 0.654. The molecule has 56 valence electrons. The van der Waals surface area contributed by atoms with Crippen molar-refractivity contribution in [3.8, 4) is 0 Å². The molecule has 1 rings (SSSR count). The van der Waals surface area contributed by atoms with Crippen molar-refractivity contribution in [1.82, 2.24) is 0 Å². The van der Waals surface area contributed by atoms with Crippen molar-refractivity contribution in [2.75, 3.05) is 6.54 Å². The van der Waals surface area contributed by atoms with Crippen molar-refractivity contribution in [3.05, 3.63) is 23.8 Å². The van der Waals surface area contributed by atoms with Gasteiger partial charge in [-0.05, 0) is 25.3 Å². The van der Waals surface area contributed by atoms with Crippen LogP contribution in [0.5, 0.6) is 0 Å². The molecule has 0 saturated carbocycles. The molecule has 0 spiro atoms. The molecule has 2 N–H and O–H groups in total. The lowest BCUT2D eigenvalue weighted by Crippen LogP contribution is -2.13. The van der Waals surface area contributed by atoms with Crippen molar-refractivity contribution in [3.63, 3.8) is 0 Å². The number of allylic oxidation sites excluding steroid dienone is 3. The molecule has 1 heteroatoms. The fourth-order valence-corrected chi connectivity index (χ4v) is 1.18. The second-order valence-corrected chi connectivity index (χ2v) is 2.85. The predicted octanol–water partition coefficient (Wildman–Crippen LogP) is 1.86. The Hall–Kier alpha value is -0.560. The van der Waals surface area contributed by atoms with Gasteiger partial charge in [0.2, 0.25) is 0 Å². The van der Waals surface area contributed by atoms with Gasteiger partial charge in [-0.15, -0.1) is 0 Å². The Morgan fingerprint density at radius 2 is 2.50 bits per heavy atom. The van der Waals surface area contributed by atoms with Gasteiger partial charge in [0.05, 0.1) is 0 Å². The molecule has 1 aliphatic rings. The minimum absolute atomic E-state index is 0.574. The summed E-state index contributed by atoms with van der Waals surface area (Å²) in [6, 6.07) is 0. The van der Waals surface area contributed by atoms with Crippen LogP contribution in [0.25, 0.3) is 0 Å². The van der Waals surface area contributed by atoms with Crippen molar-refractivity contribution in [1.29, 1.82) is 0 Å². The third-order valence-electron chi connectivity index (χ3n) is 2.03. The summed E-state index contributed by atoms with van der Waals surface area (Å²) in [5, 5.41) is 0. The van der Waals surface area contributed by atoms with E-state index in [1.807, 2.05) is 0 Å². The van der Waals surface area contributed by atoms with E-state index in [-0.39, 0.29) is 0 Å². The van der Waals surface area contributed by atoms with E-state index in [2.05, 4.69) is 25.2 Å². The molecule has 0 amide bonds. The highest BCUT2D eigenvalue weighted by Crippen LogP contribution is 2.18. The van der Waals surface area contributed by atoms with Gasteiger partial charge in [0.15, 0.2) is 0 Å². The minimum Gasteiger partial charge on any atom is -0.330 e. The lowest BCUT2D eigenvalue weighted by Gasteiger charge is -2.14. The summed E-state index contributed by atoms with van der Waals surface area (Å²) in [6.07, 6.45) is 8.92. The molecule has 1 aliphatic carbocycles. The van der Waals surface area contributed by atoms with Gasteiger partial charge in [0, 0.05) is 0 Å². The van der Waals surface area contributed by atoms with E-state index in [0.29, 0.717) is 5.92 Å². The highest BCUT2D eigenvalue weighted by molar-refractivity contribution is 5.19. The van der Waals surface area contributed by atoms with E-state index in [9.17, 15) is 0 Å². The second-order valence-electron chi connectivity index (χ2n) is 2.85. The molecule has 0 heterocycles. The highest BCUT2D eigenvalue weighted by atomic mass is 14.5. The third-order valence-corrected chi connectivity index (χ3v) is 2.03. The molecule has 0 aromatic heterocycles. The monoisotopic (exact) mass is 137 g/mol. The molecule has 0 aromatic carbocycles. The number of rotatable bonds is 2. The van der Waals surface area contributed by atoms with Gasteiger partial charge >= 0.3 is 0 Å². The first-order valence-electron chi connectivity index (χ1n) is 3.90. The fraction of sp³-hybridized carbons (Fsp3) is 0.556. The quantitative estimate of drug-likeness (QED) is 0.617. The first-order chi connectivity index (χ1) is 4.84. The number of hydrogen-bond acceptors (Lipinski definition) is 1. The van der Waals surface area contributed by atoms with Crippen LogP contribution < -0.4 is 5.73 Å². The Labute approximate surface area is 62.6 Å². The standard InChI is InChI=1S/C9H15N/c1-8(7-10)9-5-3-2-4-6-9/h2-3,5,8H,4,6-7,10H2,1H3. The zero-order valence-corrected chi connectivity index (χ0v) is 6.51. The van der Waals surface area contributed by atoms with Gasteiger partial charge in [0.25, 0.3) is 0 Å². The maximum absolute atomic E-state index is 5.54. The van der Waals surface area contributed by atoms with E-state index in [1.54, 1.807) is 0 Å². The van der Waals surface area contributed by atoms with Gasteiger partial charge in [-0.2, -0.15) is 0 Å². The molecule has 0 radical (unpaired) electrons. The molecule has 0 aliphatic heterocycles. The molecule has 0 saturated heterocycles. The summed E-state index contributed by atoms with van der Waals surface area (Å²) in [4.78, 5) is 0. The smallest absolute Gasteiger partial charge is 0.00140 e. The van der Waals surface area contributed by atoms with Crippen molar-refractivity contribution >= 4 is 0 Å². The van der Waals surface area contributed by atoms with Crippen molar-refractivity contribution in [2.45, 2.75) is 19.8 Å². The zero-order chi connectivity index (χ0) is 7.40. The molecular formula is C9H15N. The number of hydrogen-bond donors (Lipinski definition) is 1. The molecule has 0 bridgehead atoms. The van der Waals surface area contributed by atoms with E-state index < -0.39 is 0 Å². The summed E-state index contributed by atoms with van der Waals surface area (Å²) < 4.78 is 0.